The van der Waals surface area contributed by atoms with Crippen molar-refractivity contribution in [1.29, 1.82) is 26.3 Å². The van der Waals surface area contributed by atoms with Gasteiger partial charge in [-0.05, 0) is 6.07 Å². The summed E-state index contributed by atoms with van der Waals surface area (Å²) < 4.78 is 248. The highest BCUT2D eigenvalue weighted by Gasteiger charge is 2.50. The molecule has 54 heavy (non-hydrogen) atoms. The molecule has 0 atom stereocenters. The van der Waals surface area contributed by atoms with Crippen LogP contribution < -0.4 is 10.4 Å². The molecule has 0 saturated heterocycles. The van der Waals surface area contributed by atoms with Crippen molar-refractivity contribution in [3.8, 4) is 30.3 Å². The molecule has 0 N–H and O–H groups in total. The Balaban J connectivity index is 2.94. The molecule has 2 heterocycles. The van der Waals surface area contributed by atoms with Crippen molar-refractivity contribution in [3.05, 3.63) is 78.7 Å². The highest BCUT2D eigenvalue weighted by Crippen LogP contribution is 2.44. The van der Waals surface area contributed by atoms with Gasteiger partial charge in [0.05, 0.1) is 45.0 Å². The smallest absolute Gasteiger partial charge is 0.219 e. The van der Waals surface area contributed by atoms with Crippen LogP contribution in [-0.2, 0) is 37.1 Å². The lowest BCUT2D eigenvalue weighted by Crippen LogP contribution is -2.31. The highest BCUT2D eigenvalue weighted by molar-refractivity contribution is 5.85. The number of nitriles is 5. The van der Waals surface area contributed by atoms with E-state index in [1.807, 2.05) is 19.9 Å². The van der Waals surface area contributed by atoms with Gasteiger partial charge in [-0.25, -0.2) is 19.9 Å². The number of nitrogens with zero attached hydrogens (tertiary/aromatic N) is 9. The molecule has 0 amide bonds. The van der Waals surface area contributed by atoms with Gasteiger partial charge in [-0.2, -0.15) is 105 Å². The van der Waals surface area contributed by atoms with Crippen LogP contribution in [0.2, 0.25) is 0 Å². The third-order valence-electron chi connectivity index (χ3n) is 6.31. The number of aromatic nitrogens is 4. The lowest BCUT2D eigenvalue weighted by molar-refractivity contribution is -0.162. The van der Waals surface area contributed by atoms with Crippen molar-refractivity contribution >= 4 is 11.1 Å². The Hall–Kier alpha value is -6.69. The number of hydrogen-bond acceptors (Lipinski definition) is 9. The fourth-order valence-corrected chi connectivity index (χ4v) is 4.41. The maximum atomic E-state index is 14.0. The minimum Gasteiger partial charge on any atom is -0.219 e. The molecule has 0 aliphatic carbocycles. The Labute approximate surface area is 283 Å². The standard InChI is InChI=1S/C27HF18N9/c28-22(29,30)16-14(17(23(31,32)33)52-20(51-16)26(40,41)42)10(4-48)8-1-7(2-46)13(11(5-49)9(8)3-47)12(6-50)15-18(24(34,35)36)53-21(27(43,44)45)54-19(15)25(37,38)39/h1H/b10-8-,13-12-. The van der Waals surface area contributed by atoms with E-state index in [0.29, 0.717) is 12.1 Å². The molecule has 3 rings (SSSR count). The summed E-state index contributed by atoms with van der Waals surface area (Å²) in [6.07, 6.45) is -37.8. The zero-order valence-electron chi connectivity index (χ0n) is 24.4. The van der Waals surface area contributed by atoms with E-state index >= 15 is 0 Å². The molecule has 2 aromatic heterocycles. The summed E-state index contributed by atoms with van der Waals surface area (Å²) in [5.41, 5.74) is -28.1. The molecule has 0 unspecified atom stereocenters. The minimum absolute atomic E-state index is 0.242. The highest BCUT2D eigenvalue weighted by atomic mass is 19.4. The molecule has 9 nitrogen and oxygen atoms in total. The van der Waals surface area contributed by atoms with Crippen molar-refractivity contribution in [2.75, 3.05) is 0 Å². The van der Waals surface area contributed by atoms with Gasteiger partial charge in [0, 0.05) is 10.4 Å². The lowest BCUT2D eigenvalue weighted by atomic mass is 9.89. The summed E-state index contributed by atoms with van der Waals surface area (Å²) in [6.45, 7) is 0. The van der Waals surface area contributed by atoms with E-state index in [4.69, 9.17) is 0 Å². The first-order valence-corrected chi connectivity index (χ1v) is 12.6. The second-order valence-corrected chi connectivity index (χ2v) is 9.63. The lowest BCUT2D eigenvalue weighted by Gasteiger charge is -2.20. The average Bonchev–Trinajstić information content (AvgIpc) is 3.02. The Morgan fingerprint density at radius 1 is 0.426 bits per heavy atom. The topological polar surface area (TPSA) is 171 Å². The van der Waals surface area contributed by atoms with Crippen molar-refractivity contribution in [2.24, 2.45) is 0 Å². The minimum atomic E-state index is -6.38. The zero-order chi connectivity index (χ0) is 41.7. The van der Waals surface area contributed by atoms with Gasteiger partial charge in [-0.15, -0.1) is 0 Å². The van der Waals surface area contributed by atoms with Gasteiger partial charge >= 0.3 is 37.1 Å². The van der Waals surface area contributed by atoms with Gasteiger partial charge in [-0.1, -0.05) is 0 Å². The van der Waals surface area contributed by atoms with Crippen LogP contribution in [0.25, 0.3) is 11.1 Å². The third kappa shape index (κ3) is 7.73. The molecule has 0 fully saturated rings. The van der Waals surface area contributed by atoms with Gasteiger partial charge in [-0.3, -0.25) is 0 Å². The first kappa shape index (κ1) is 41.7. The third-order valence-corrected chi connectivity index (χ3v) is 6.31. The molecule has 1 aromatic carbocycles. The van der Waals surface area contributed by atoms with E-state index < -0.39 is 121 Å². The van der Waals surface area contributed by atoms with E-state index in [-0.39, 0.29) is 6.07 Å². The Kier molecular flexibility index (Phi) is 10.3. The van der Waals surface area contributed by atoms with E-state index in [0.717, 1.165) is 18.2 Å². The van der Waals surface area contributed by atoms with E-state index in [9.17, 15) is 105 Å². The van der Waals surface area contributed by atoms with Crippen LogP contribution in [0.1, 0.15) is 62.2 Å². The maximum absolute atomic E-state index is 14.0. The van der Waals surface area contributed by atoms with E-state index in [2.05, 4.69) is 0 Å². The van der Waals surface area contributed by atoms with Crippen molar-refractivity contribution < 1.29 is 79.0 Å². The first-order chi connectivity index (χ1) is 24.4. The molecule has 280 valence electrons. The fourth-order valence-electron chi connectivity index (χ4n) is 4.41. The largest absolute Gasteiger partial charge is 0.451 e. The number of rotatable bonds is 2. The van der Waals surface area contributed by atoms with Gasteiger partial charge in [0.25, 0.3) is 0 Å². The molecule has 0 radical (unpaired) electrons. The van der Waals surface area contributed by atoms with Crippen LogP contribution >= 0.6 is 0 Å². The molecule has 0 aliphatic heterocycles. The van der Waals surface area contributed by atoms with Gasteiger partial charge in [0.15, 0.2) is 22.8 Å². The number of halogens is 18. The van der Waals surface area contributed by atoms with Crippen LogP contribution in [-0.4, -0.2) is 19.9 Å². The van der Waals surface area contributed by atoms with Crippen LogP contribution in [0.15, 0.2) is 6.07 Å². The van der Waals surface area contributed by atoms with Crippen molar-refractivity contribution in [3.63, 3.8) is 0 Å². The van der Waals surface area contributed by atoms with Crippen molar-refractivity contribution in [1.82, 2.24) is 19.9 Å². The second kappa shape index (κ2) is 13.4. The molecule has 0 saturated carbocycles. The summed E-state index contributed by atoms with van der Waals surface area (Å²) >= 11 is 0. The van der Waals surface area contributed by atoms with E-state index in [1.54, 1.807) is 0 Å². The average molecular weight is 793 g/mol. The molecule has 0 spiro atoms. The molecular formula is C27HF18N9. The monoisotopic (exact) mass is 793 g/mol. The number of alkyl halides is 18. The Morgan fingerprint density at radius 3 is 0.981 bits per heavy atom. The Bertz CT molecular complexity index is 2340. The summed E-state index contributed by atoms with van der Waals surface area (Å²) in [7, 11) is 0. The van der Waals surface area contributed by atoms with Crippen LogP contribution in [0.4, 0.5) is 79.0 Å². The summed E-state index contributed by atoms with van der Waals surface area (Å²) in [5, 5.41) is 45.3. The second-order valence-electron chi connectivity index (χ2n) is 9.63. The van der Waals surface area contributed by atoms with E-state index in [1.165, 1.54) is 0 Å². The SMILES string of the molecule is N#C/C(c1c(C(F)(F)F)nc(C(F)(F)F)nc1C(F)(F)F)=c1\cc(C#N)/c(=C(\C#N)c2c(C(F)(F)F)nc(C(F)(F)F)nc2C(F)(F)F)c(C#N)c1C#N. The van der Waals surface area contributed by atoms with Crippen molar-refractivity contribution in [2.45, 2.75) is 37.1 Å². The first-order valence-electron chi connectivity index (χ1n) is 12.6. The van der Waals surface area contributed by atoms with Crippen LogP contribution in [0, 0.1) is 56.7 Å². The van der Waals surface area contributed by atoms with Crippen LogP contribution in [0.3, 0.4) is 0 Å². The summed E-state index contributed by atoms with van der Waals surface area (Å²) in [5.74, 6) is -6.17. The molecule has 0 aliphatic rings. The maximum Gasteiger partial charge on any atom is 0.451 e. The normalized spacial score (nSPS) is 13.9. The predicted octanol–water partition coefficient (Wildman–Crippen LogP) is 6.44. The molecule has 27 heteroatoms. The van der Waals surface area contributed by atoms with Gasteiger partial charge in [0.1, 0.15) is 24.3 Å². The predicted molar refractivity (Wildman–Crippen MR) is 130 cm³/mol. The zero-order valence-corrected chi connectivity index (χ0v) is 24.4. The number of benzene rings is 1. The fraction of sp³-hybridized carbons (Fsp3) is 0.222. The van der Waals surface area contributed by atoms with Gasteiger partial charge < -0.3 is 0 Å². The quantitative estimate of drug-likeness (QED) is 0.265. The molecular weight excluding hydrogens is 792 g/mol. The van der Waals surface area contributed by atoms with Crippen LogP contribution in [0.5, 0.6) is 0 Å². The Morgan fingerprint density at radius 2 is 0.741 bits per heavy atom. The number of hydrogen-bond donors (Lipinski definition) is 0. The summed E-state index contributed by atoms with van der Waals surface area (Å²) in [6, 6.07) is 3.64. The summed E-state index contributed by atoms with van der Waals surface area (Å²) in [4.78, 5) is 8.04. The molecule has 0 bridgehead atoms. The van der Waals surface area contributed by atoms with Gasteiger partial charge in [0.2, 0.25) is 11.6 Å². The molecule has 3 aromatic rings.